The lowest BCUT2D eigenvalue weighted by molar-refractivity contribution is 0.557. The van der Waals surface area contributed by atoms with Crippen molar-refractivity contribution >= 4 is 5.71 Å². The highest BCUT2D eigenvalue weighted by Crippen LogP contribution is 2.01. The topological polar surface area (TPSA) is 52.5 Å². The third kappa shape index (κ3) is 0.699. The first-order valence-corrected chi connectivity index (χ1v) is 2.80. The minimum Gasteiger partial charge on any atom is -0.451 e. The van der Waals surface area contributed by atoms with Crippen molar-refractivity contribution in [3.63, 3.8) is 0 Å². The lowest BCUT2D eigenvalue weighted by Crippen LogP contribution is -1.93. The third-order valence-electron chi connectivity index (χ3n) is 1.16. The molecule has 0 aromatic carbocycles. The molecule has 2 rings (SSSR count). The van der Waals surface area contributed by atoms with Gasteiger partial charge in [0.05, 0.1) is 6.20 Å². The van der Waals surface area contributed by atoms with Gasteiger partial charge in [-0.05, 0) is 6.08 Å². The Hall–Kier alpha value is -1.58. The van der Waals surface area contributed by atoms with Crippen molar-refractivity contribution in [1.82, 2.24) is 10.4 Å². The van der Waals surface area contributed by atoms with Crippen molar-refractivity contribution in [3.8, 4) is 0 Å². The molecule has 0 N–H and O–H groups in total. The lowest BCUT2D eigenvalue weighted by Gasteiger charge is -1.83. The van der Waals surface area contributed by atoms with Gasteiger partial charge in [-0.3, -0.25) is 0 Å². The summed E-state index contributed by atoms with van der Waals surface area (Å²) in [6.07, 6.45) is 6.29. The molecule has 0 fully saturated rings. The van der Waals surface area contributed by atoms with Gasteiger partial charge in [-0.2, -0.15) is 5.43 Å². The number of allylic oxidation sites excluding steroid dienone is 1. The third-order valence-corrected chi connectivity index (χ3v) is 1.16. The van der Waals surface area contributed by atoms with Crippen LogP contribution in [-0.4, -0.2) is 10.7 Å². The van der Waals surface area contributed by atoms with Crippen LogP contribution in [0.1, 0.15) is 5.69 Å². The fraction of sp³-hybridized carbons (Fsp3) is 0. The van der Waals surface area contributed by atoms with Gasteiger partial charge in [-0.1, -0.05) is 0 Å². The van der Waals surface area contributed by atoms with Crippen molar-refractivity contribution in [2.45, 2.75) is 0 Å². The maximum atomic E-state index is 4.76. The van der Waals surface area contributed by atoms with Crippen LogP contribution in [0.3, 0.4) is 0 Å². The van der Waals surface area contributed by atoms with Gasteiger partial charge in [-0.25, -0.2) is 4.98 Å². The Bertz CT molecular complexity index is 273. The quantitative estimate of drug-likeness (QED) is 0.561. The second-order valence-corrected chi connectivity index (χ2v) is 1.79. The number of hydrogen-bond acceptors (Lipinski definition) is 3. The van der Waals surface area contributed by atoms with E-state index in [1.54, 1.807) is 12.3 Å². The average molecular weight is 134 g/mol. The van der Waals surface area contributed by atoms with Crippen molar-refractivity contribution in [2.75, 3.05) is 0 Å². The Morgan fingerprint density at radius 1 is 1.40 bits per heavy atom. The van der Waals surface area contributed by atoms with E-state index < -0.39 is 0 Å². The predicted molar refractivity (Wildman–Crippen MR) is 34.3 cm³/mol. The molecule has 1 aliphatic heterocycles. The minimum absolute atomic E-state index is 0.720. The number of nitrogens with zero attached hydrogens (tertiary/aromatic N) is 3. The Balaban J connectivity index is 2.36. The molecular formula is C6H4N3O. The number of aromatic nitrogens is 1. The van der Waals surface area contributed by atoms with Crippen molar-refractivity contribution < 1.29 is 4.42 Å². The van der Waals surface area contributed by atoms with E-state index in [9.17, 15) is 0 Å². The minimum atomic E-state index is 0.720. The molecule has 0 amide bonds. The molecule has 1 aromatic heterocycles. The van der Waals surface area contributed by atoms with Gasteiger partial charge in [0.2, 0.25) is 0 Å². The predicted octanol–water partition coefficient (Wildman–Crippen LogP) is 0.510. The van der Waals surface area contributed by atoms with Crippen LogP contribution in [0.15, 0.2) is 34.5 Å². The van der Waals surface area contributed by atoms with E-state index in [-0.39, 0.29) is 0 Å². The second-order valence-electron chi connectivity index (χ2n) is 1.79. The smallest absolute Gasteiger partial charge is 0.181 e. The van der Waals surface area contributed by atoms with Crippen LogP contribution in [0, 0.1) is 0 Å². The molecule has 0 atom stereocenters. The van der Waals surface area contributed by atoms with Crippen LogP contribution in [0.2, 0.25) is 0 Å². The summed E-state index contributed by atoms with van der Waals surface area (Å²) < 4.78 is 4.76. The van der Waals surface area contributed by atoms with Crippen LogP contribution >= 0.6 is 0 Å². The van der Waals surface area contributed by atoms with E-state index in [4.69, 9.17) is 4.42 Å². The van der Waals surface area contributed by atoms with Gasteiger partial charge < -0.3 is 4.42 Å². The Morgan fingerprint density at radius 3 is 3.00 bits per heavy atom. The van der Waals surface area contributed by atoms with Gasteiger partial charge in [0, 0.05) is 0 Å². The highest BCUT2D eigenvalue weighted by atomic mass is 16.3. The molecule has 2 heterocycles. The number of rotatable bonds is 1. The Morgan fingerprint density at radius 2 is 2.40 bits per heavy atom. The molecule has 49 valence electrons. The summed E-state index contributed by atoms with van der Waals surface area (Å²) in [5, 5.41) is 3.79. The van der Waals surface area contributed by atoms with Crippen LogP contribution < -0.4 is 5.43 Å². The zero-order chi connectivity index (χ0) is 6.81. The number of hydrogen-bond donors (Lipinski definition) is 0. The van der Waals surface area contributed by atoms with E-state index >= 15 is 0 Å². The molecule has 1 aromatic rings. The zero-order valence-corrected chi connectivity index (χ0v) is 5.06. The Kier molecular flexibility index (Phi) is 1.04. The van der Waals surface area contributed by atoms with E-state index in [0.717, 1.165) is 11.4 Å². The highest BCUT2D eigenvalue weighted by Gasteiger charge is 2.05. The first kappa shape index (κ1) is 5.22. The molecule has 0 bridgehead atoms. The molecule has 4 heteroatoms. The van der Waals surface area contributed by atoms with Gasteiger partial charge in [0.1, 0.15) is 17.7 Å². The largest absolute Gasteiger partial charge is 0.451 e. The van der Waals surface area contributed by atoms with Crippen LogP contribution in [0.25, 0.3) is 0 Å². The summed E-state index contributed by atoms with van der Waals surface area (Å²) >= 11 is 0. The molecule has 0 unspecified atom stereocenters. The van der Waals surface area contributed by atoms with Gasteiger partial charge in [0.15, 0.2) is 6.39 Å². The van der Waals surface area contributed by atoms with Crippen LogP contribution in [0.5, 0.6) is 0 Å². The first-order chi connectivity index (χ1) is 4.97. The highest BCUT2D eigenvalue weighted by molar-refractivity contribution is 6.07. The average Bonchev–Trinajstić information content (AvgIpc) is 2.59. The summed E-state index contributed by atoms with van der Waals surface area (Å²) in [5.41, 5.74) is 5.11. The lowest BCUT2D eigenvalue weighted by atomic mass is 10.3. The Labute approximate surface area is 57.3 Å². The molecule has 0 aliphatic carbocycles. The summed E-state index contributed by atoms with van der Waals surface area (Å²) in [7, 11) is 0. The molecule has 1 aliphatic rings. The van der Waals surface area contributed by atoms with E-state index in [1.165, 1.54) is 12.7 Å². The SMILES string of the molecule is C1=CC(c2cocn2)=N[N]1. The zero-order valence-electron chi connectivity index (χ0n) is 5.06. The van der Waals surface area contributed by atoms with Crippen LogP contribution in [-0.2, 0) is 0 Å². The summed E-state index contributed by atoms with van der Waals surface area (Å²) in [4.78, 5) is 3.89. The summed E-state index contributed by atoms with van der Waals surface area (Å²) in [6, 6.07) is 0. The standard InChI is InChI=1S/C6H4N3O/c1-2-8-9-5(1)6-3-10-4-7-6/h1-4H. The maximum Gasteiger partial charge on any atom is 0.181 e. The normalized spacial score (nSPS) is 15.0. The van der Waals surface area contributed by atoms with Crippen molar-refractivity contribution in [3.05, 3.63) is 30.6 Å². The molecule has 10 heavy (non-hydrogen) atoms. The fourth-order valence-electron chi connectivity index (χ4n) is 0.708. The summed E-state index contributed by atoms with van der Waals surface area (Å²) in [5.74, 6) is 0. The molecule has 1 radical (unpaired) electrons. The van der Waals surface area contributed by atoms with Crippen molar-refractivity contribution in [1.29, 1.82) is 0 Å². The summed E-state index contributed by atoms with van der Waals surface area (Å²) in [6.45, 7) is 0. The van der Waals surface area contributed by atoms with Gasteiger partial charge in [0.25, 0.3) is 0 Å². The molecule has 4 nitrogen and oxygen atoms in total. The monoisotopic (exact) mass is 134 g/mol. The van der Waals surface area contributed by atoms with Crippen molar-refractivity contribution in [2.24, 2.45) is 5.10 Å². The van der Waals surface area contributed by atoms with Crippen LogP contribution in [0.4, 0.5) is 0 Å². The van der Waals surface area contributed by atoms with Gasteiger partial charge in [-0.15, -0.1) is 5.10 Å². The van der Waals surface area contributed by atoms with E-state index in [1.807, 2.05) is 0 Å². The maximum absolute atomic E-state index is 4.76. The van der Waals surface area contributed by atoms with Gasteiger partial charge >= 0.3 is 0 Å². The fourth-order valence-corrected chi connectivity index (χ4v) is 0.708. The number of oxazole rings is 1. The molecule has 0 saturated carbocycles. The van der Waals surface area contributed by atoms with E-state index in [2.05, 4.69) is 15.5 Å². The molecule has 0 saturated heterocycles. The first-order valence-electron chi connectivity index (χ1n) is 2.80. The molecular weight excluding hydrogens is 130 g/mol. The second kappa shape index (κ2) is 1.98. The van der Waals surface area contributed by atoms with E-state index in [0.29, 0.717) is 0 Å². The molecule has 0 spiro atoms.